The lowest BCUT2D eigenvalue weighted by Crippen LogP contribution is -2.09. The second-order valence-electron chi connectivity index (χ2n) is 3.26. The molecule has 0 fully saturated rings. The summed E-state index contributed by atoms with van der Waals surface area (Å²) in [7, 11) is 0. The molecule has 0 aliphatic heterocycles. The van der Waals surface area contributed by atoms with Gasteiger partial charge in [-0.15, -0.1) is 0 Å². The van der Waals surface area contributed by atoms with Crippen molar-refractivity contribution in [2.24, 2.45) is 0 Å². The zero-order valence-electron chi connectivity index (χ0n) is 8.97. The first kappa shape index (κ1) is 11.4. The molecule has 0 radical (unpaired) electrons. The molecule has 8 heteroatoms. The number of aromatic amines is 1. The molecule has 2 heterocycles. The molecule has 0 amide bonds. The van der Waals surface area contributed by atoms with E-state index < -0.39 is 0 Å². The summed E-state index contributed by atoms with van der Waals surface area (Å²) < 4.78 is 0. The minimum absolute atomic E-state index is 0.162. The highest BCUT2D eigenvalue weighted by Gasteiger charge is 2.05. The predicted molar refractivity (Wildman–Crippen MR) is 64.6 cm³/mol. The van der Waals surface area contributed by atoms with Crippen molar-refractivity contribution in [1.29, 1.82) is 0 Å². The van der Waals surface area contributed by atoms with Crippen LogP contribution in [0.15, 0.2) is 27.1 Å². The highest BCUT2D eigenvalue weighted by molar-refractivity contribution is 7.99. The van der Waals surface area contributed by atoms with Gasteiger partial charge in [0.05, 0.1) is 0 Å². The molecule has 0 bridgehead atoms. The van der Waals surface area contributed by atoms with Gasteiger partial charge >= 0.3 is 0 Å². The molecule has 0 atom stereocenters. The zero-order chi connectivity index (χ0) is 12.4. The van der Waals surface area contributed by atoms with Crippen LogP contribution in [0.3, 0.4) is 0 Å². The molecule has 17 heavy (non-hydrogen) atoms. The number of nitrogen functional groups attached to an aromatic ring is 2. The van der Waals surface area contributed by atoms with Gasteiger partial charge in [0.1, 0.15) is 22.5 Å². The van der Waals surface area contributed by atoms with Crippen LogP contribution in [0.5, 0.6) is 0 Å². The number of nitrogens with one attached hydrogen (secondary N) is 1. The van der Waals surface area contributed by atoms with Crippen LogP contribution in [-0.2, 0) is 0 Å². The third-order valence-electron chi connectivity index (χ3n) is 1.78. The van der Waals surface area contributed by atoms with Crippen LogP contribution in [0, 0.1) is 6.92 Å². The van der Waals surface area contributed by atoms with Crippen molar-refractivity contribution in [2.45, 2.75) is 17.1 Å². The van der Waals surface area contributed by atoms with E-state index in [-0.39, 0.29) is 11.4 Å². The molecule has 0 aliphatic carbocycles. The zero-order valence-corrected chi connectivity index (χ0v) is 9.78. The lowest BCUT2D eigenvalue weighted by Gasteiger charge is -2.02. The Balaban J connectivity index is 2.34. The number of rotatable bonds is 2. The number of hydrogen-bond donors (Lipinski definition) is 3. The maximum Gasteiger partial charge on any atom is 0.253 e. The molecular formula is C9H10N6OS. The van der Waals surface area contributed by atoms with Crippen molar-refractivity contribution in [3.05, 3.63) is 28.3 Å². The number of hydrogen-bond acceptors (Lipinski definition) is 7. The summed E-state index contributed by atoms with van der Waals surface area (Å²) in [5, 5.41) is 0.969. The molecular weight excluding hydrogens is 240 g/mol. The molecule has 0 unspecified atom stereocenters. The third-order valence-corrected chi connectivity index (χ3v) is 2.58. The summed E-state index contributed by atoms with van der Waals surface area (Å²) in [6.07, 6.45) is 0. The average molecular weight is 250 g/mol. The summed E-state index contributed by atoms with van der Waals surface area (Å²) in [6, 6.07) is 2.81. The quantitative estimate of drug-likeness (QED) is 0.513. The highest BCUT2D eigenvalue weighted by Crippen LogP contribution is 2.23. The van der Waals surface area contributed by atoms with E-state index in [4.69, 9.17) is 11.5 Å². The molecule has 88 valence electrons. The molecule has 5 N–H and O–H groups in total. The van der Waals surface area contributed by atoms with Crippen molar-refractivity contribution in [2.75, 3.05) is 11.5 Å². The molecule has 0 spiro atoms. The Kier molecular flexibility index (Phi) is 2.96. The van der Waals surface area contributed by atoms with E-state index in [1.807, 2.05) is 0 Å². The van der Waals surface area contributed by atoms with Crippen molar-refractivity contribution < 1.29 is 0 Å². The topological polar surface area (TPSA) is 124 Å². The van der Waals surface area contributed by atoms with Gasteiger partial charge in [-0.05, 0) is 18.7 Å². The Hall–Kier alpha value is -2.09. The highest BCUT2D eigenvalue weighted by atomic mass is 32.2. The van der Waals surface area contributed by atoms with E-state index in [1.54, 1.807) is 13.0 Å². The van der Waals surface area contributed by atoms with Gasteiger partial charge < -0.3 is 16.5 Å². The molecule has 2 rings (SSSR count). The van der Waals surface area contributed by atoms with Crippen LogP contribution in [0.4, 0.5) is 11.6 Å². The van der Waals surface area contributed by atoms with Gasteiger partial charge in [-0.1, -0.05) is 0 Å². The predicted octanol–water partition coefficient (Wildman–Crippen LogP) is 0.184. The van der Waals surface area contributed by atoms with Crippen LogP contribution in [0.1, 0.15) is 5.82 Å². The van der Waals surface area contributed by atoms with Crippen LogP contribution >= 0.6 is 11.8 Å². The number of anilines is 2. The fraction of sp³-hybridized carbons (Fsp3) is 0.111. The first-order valence-electron chi connectivity index (χ1n) is 4.69. The number of nitrogens with two attached hydrogens (primary N) is 2. The molecule has 0 aromatic carbocycles. The summed E-state index contributed by atoms with van der Waals surface area (Å²) >= 11 is 1.17. The number of aryl methyl sites for hydroxylation is 1. The molecule has 2 aromatic rings. The van der Waals surface area contributed by atoms with Crippen LogP contribution in [0.25, 0.3) is 0 Å². The Morgan fingerprint density at radius 3 is 2.53 bits per heavy atom. The van der Waals surface area contributed by atoms with Crippen LogP contribution in [-0.4, -0.2) is 19.9 Å². The maximum absolute atomic E-state index is 11.2. The maximum atomic E-state index is 11.2. The SMILES string of the molecule is Cc1nc(N)cc(Sc2nc(N)cc(=O)[nH]2)n1. The fourth-order valence-electron chi connectivity index (χ4n) is 1.22. The summed E-state index contributed by atoms with van der Waals surface area (Å²) in [5.41, 5.74) is 10.8. The molecule has 0 saturated heterocycles. The Bertz CT molecular complexity index is 590. The smallest absolute Gasteiger partial charge is 0.253 e. The lowest BCUT2D eigenvalue weighted by atomic mass is 10.5. The van der Waals surface area contributed by atoms with Crippen LogP contribution < -0.4 is 17.0 Å². The van der Waals surface area contributed by atoms with E-state index in [2.05, 4.69) is 19.9 Å². The standard InChI is InChI=1S/C9H10N6OS/c1-4-12-6(11)3-8(13-4)17-9-14-5(10)2-7(16)15-9/h2-3H,1H3,(H2,11,12,13)(H3,10,14,15,16). The van der Waals surface area contributed by atoms with Crippen molar-refractivity contribution in [1.82, 2.24) is 19.9 Å². The Labute approximate surface area is 101 Å². The second kappa shape index (κ2) is 4.42. The minimum atomic E-state index is -0.307. The summed E-state index contributed by atoms with van der Waals surface area (Å²) in [6.45, 7) is 1.73. The van der Waals surface area contributed by atoms with Crippen molar-refractivity contribution in [3.8, 4) is 0 Å². The van der Waals surface area contributed by atoms with Gasteiger partial charge in [-0.3, -0.25) is 4.79 Å². The minimum Gasteiger partial charge on any atom is -0.384 e. The molecule has 0 aliphatic rings. The monoisotopic (exact) mass is 250 g/mol. The Morgan fingerprint density at radius 2 is 1.88 bits per heavy atom. The average Bonchev–Trinajstić information content (AvgIpc) is 2.13. The van der Waals surface area contributed by atoms with Gasteiger partial charge in [0.2, 0.25) is 0 Å². The van der Waals surface area contributed by atoms with E-state index in [1.165, 1.54) is 17.8 Å². The van der Waals surface area contributed by atoms with Gasteiger partial charge in [-0.25, -0.2) is 15.0 Å². The second-order valence-corrected chi connectivity index (χ2v) is 4.26. The summed E-state index contributed by atoms with van der Waals surface area (Å²) in [5.74, 6) is 1.08. The first-order chi connectivity index (χ1) is 8.02. The Morgan fingerprint density at radius 1 is 1.18 bits per heavy atom. The van der Waals surface area contributed by atoms with Crippen molar-refractivity contribution in [3.63, 3.8) is 0 Å². The van der Waals surface area contributed by atoms with Crippen LogP contribution in [0.2, 0.25) is 0 Å². The first-order valence-corrected chi connectivity index (χ1v) is 5.50. The lowest BCUT2D eigenvalue weighted by molar-refractivity contribution is 0.928. The molecule has 7 nitrogen and oxygen atoms in total. The normalized spacial score (nSPS) is 10.4. The van der Waals surface area contributed by atoms with Crippen molar-refractivity contribution >= 4 is 23.4 Å². The van der Waals surface area contributed by atoms with Gasteiger partial charge in [-0.2, -0.15) is 0 Å². The van der Waals surface area contributed by atoms with Gasteiger partial charge in [0, 0.05) is 12.1 Å². The number of aromatic nitrogens is 4. The number of H-pyrrole nitrogens is 1. The fourth-order valence-corrected chi connectivity index (χ4v) is 2.07. The molecule has 0 saturated carbocycles. The summed E-state index contributed by atoms with van der Waals surface area (Å²) in [4.78, 5) is 25.8. The van der Waals surface area contributed by atoms with E-state index in [9.17, 15) is 4.79 Å². The van der Waals surface area contributed by atoms with E-state index >= 15 is 0 Å². The van der Waals surface area contributed by atoms with Gasteiger partial charge in [0.25, 0.3) is 5.56 Å². The van der Waals surface area contributed by atoms with E-state index in [0.29, 0.717) is 21.8 Å². The molecule has 2 aromatic heterocycles. The van der Waals surface area contributed by atoms with E-state index in [0.717, 1.165) is 0 Å². The third kappa shape index (κ3) is 2.94. The van der Waals surface area contributed by atoms with Gasteiger partial charge in [0.15, 0.2) is 5.16 Å². The number of nitrogens with zero attached hydrogens (tertiary/aromatic N) is 3. The largest absolute Gasteiger partial charge is 0.384 e.